The molecule has 3 heteroatoms. The third-order valence-electron chi connectivity index (χ3n) is 2.17. The van der Waals surface area contributed by atoms with Crippen molar-refractivity contribution in [2.75, 3.05) is 18.0 Å². The maximum Gasteiger partial charge on any atom is 0.0916 e. The zero-order valence-corrected chi connectivity index (χ0v) is 7.68. The van der Waals surface area contributed by atoms with Gasteiger partial charge in [-0.05, 0) is 25.0 Å². The van der Waals surface area contributed by atoms with Crippen LogP contribution in [-0.4, -0.2) is 24.3 Å². The molecule has 1 saturated heterocycles. The Kier molecular flexibility index (Phi) is 2.33. The Morgan fingerprint density at radius 1 is 1.67 bits per heavy atom. The zero-order chi connectivity index (χ0) is 8.39. The van der Waals surface area contributed by atoms with Gasteiger partial charge in [-0.15, -0.1) is 11.3 Å². The Bertz CT molecular complexity index is 235. The largest absolute Gasteiger partial charge is 0.391 e. The van der Waals surface area contributed by atoms with Gasteiger partial charge in [0.05, 0.1) is 11.1 Å². The molecule has 0 amide bonds. The van der Waals surface area contributed by atoms with E-state index >= 15 is 0 Å². The topological polar surface area (TPSA) is 23.5 Å². The lowest BCUT2D eigenvalue weighted by Gasteiger charge is -2.30. The number of hydrogen-bond donors (Lipinski definition) is 1. The molecular formula is C9H12NOS. The smallest absolute Gasteiger partial charge is 0.0916 e. The number of β-amino-alcohol motifs (C(OH)–C–C–N with tert-alkyl or cyclic N) is 1. The molecule has 0 bridgehead atoms. The molecule has 0 spiro atoms. The average Bonchev–Trinajstić information content (AvgIpc) is 2.56. The number of piperidine rings is 1. The molecule has 1 aromatic heterocycles. The molecule has 1 aromatic rings. The van der Waals surface area contributed by atoms with Crippen LogP contribution >= 0.6 is 11.3 Å². The van der Waals surface area contributed by atoms with Gasteiger partial charge in [-0.1, -0.05) is 0 Å². The van der Waals surface area contributed by atoms with E-state index < -0.39 is 0 Å². The Labute approximate surface area is 76.4 Å². The molecule has 65 valence electrons. The minimum absolute atomic E-state index is 0.138. The summed E-state index contributed by atoms with van der Waals surface area (Å²) in [7, 11) is 0. The molecule has 1 aliphatic heterocycles. The molecule has 12 heavy (non-hydrogen) atoms. The Balaban J connectivity index is 2.04. The van der Waals surface area contributed by atoms with Crippen molar-refractivity contribution in [1.82, 2.24) is 0 Å². The summed E-state index contributed by atoms with van der Waals surface area (Å²) in [6.45, 7) is 1.86. The zero-order valence-electron chi connectivity index (χ0n) is 6.86. The highest BCUT2D eigenvalue weighted by Crippen LogP contribution is 2.24. The van der Waals surface area contributed by atoms with Gasteiger partial charge in [0, 0.05) is 18.5 Å². The molecule has 1 aliphatic rings. The van der Waals surface area contributed by atoms with Crippen LogP contribution in [0.4, 0.5) is 5.00 Å². The summed E-state index contributed by atoms with van der Waals surface area (Å²) in [6.07, 6.45) is 1.91. The van der Waals surface area contributed by atoms with Crippen molar-refractivity contribution in [2.45, 2.75) is 18.9 Å². The summed E-state index contributed by atoms with van der Waals surface area (Å²) in [4.78, 5) is 2.23. The maximum atomic E-state index is 9.43. The highest BCUT2D eigenvalue weighted by Gasteiger charge is 2.17. The number of aliphatic hydroxyl groups excluding tert-OH is 1. The summed E-state index contributed by atoms with van der Waals surface area (Å²) in [5.41, 5.74) is 0. The SMILES string of the molecule is OC1CCCN(c2cc[c]s2)C1. The van der Waals surface area contributed by atoms with Gasteiger partial charge >= 0.3 is 0 Å². The maximum absolute atomic E-state index is 9.43. The third kappa shape index (κ3) is 1.62. The highest BCUT2D eigenvalue weighted by atomic mass is 32.1. The molecule has 1 radical (unpaired) electrons. The molecule has 1 unspecified atom stereocenters. The van der Waals surface area contributed by atoms with Crippen molar-refractivity contribution < 1.29 is 5.11 Å². The van der Waals surface area contributed by atoms with Crippen molar-refractivity contribution in [1.29, 1.82) is 0 Å². The van der Waals surface area contributed by atoms with E-state index in [0.29, 0.717) is 0 Å². The van der Waals surface area contributed by atoms with Gasteiger partial charge in [-0.2, -0.15) is 0 Å². The normalized spacial score (nSPS) is 24.4. The standard InChI is InChI=1S/C9H12NOS/c11-8-3-1-5-10(7-8)9-4-2-6-12-9/h2,4,8,11H,1,3,5,7H2. The van der Waals surface area contributed by atoms with Gasteiger partial charge in [0.15, 0.2) is 0 Å². The van der Waals surface area contributed by atoms with E-state index in [1.807, 2.05) is 6.07 Å². The van der Waals surface area contributed by atoms with Crippen molar-refractivity contribution in [3.8, 4) is 0 Å². The second-order valence-electron chi connectivity index (χ2n) is 3.13. The van der Waals surface area contributed by atoms with Gasteiger partial charge in [0.1, 0.15) is 0 Å². The first-order valence-electron chi connectivity index (χ1n) is 4.25. The Morgan fingerprint density at radius 2 is 2.58 bits per heavy atom. The van der Waals surface area contributed by atoms with Crippen LogP contribution in [0.2, 0.25) is 0 Å². The predicted octanol–water partition coefficient (Wildman–Crippen LogP) is 1.51. The summed E-state index contributed by atoms with van der Waals surface area (Å²) in [5, 5.41) is 13.7. The molecule has 0 aliphatic carbocycles. The quantitative estimate of drug-likeness (QED) is 0.711. The third-order valence-corrected chi connectivity index (χ3v) is 3.02. The number of nitrogens with zero attached hydrogens (tertiary/aromatic N) is 1. The van der Waals surface area contributed by atoms with Gasteiger partial charge in [0.2, 0.25) is 0 Å². The lowest BCUT2D eigenvalue weighted by molar-refractivity contribution is 0.154. The molecule has 0 saturated carbocycles. The first kappa shape index (κ1) is 8.08. The van der Waals surface area contributed by atoms with Gasteiger partial charge < -0.3 is 10.0 Å². The van der Waals surface area contributed by atoms with Crippen molar-refractivity contribution >= 4 is 16.3 Å². The minimum atomic E-state index is -0.138. The van der Waals surface area contributed by atoms with Crippen LogP contribution in [0.5, 0.6) is 0 Å². The second kappa shape index (κ2) is 3.46. The molecule has 2 rings (SSSR count). The first-order chi connectivity index (χ1) is 5.86. The summed E-state index contributed by atoms with van der Waals surface area (Å²) >= 11 is 1.62. The predicted molar refractivity (Wildman–Crippen MR) is 50.6 cm³/mol. The van der Waals surface area contributed by atoms with Crippen LogP contribution < -0.4 is 4.90 Å². The number of thiophene rings is 1. The van der Waals surface area contributed by atoms with Gasteiger partial charge in [-0.3, -0.25) is 0 Å². The number of anilines is 1. The van der Waals surface area contributed by atoms with Crippen LogP contribution in [0.1, 0.15) is 12.8 Å². The highest BCUT2D eigenvalue weighted by molar-refractivity contribution is 7.13. The van der Waals surface area contributed by atoms with Crippen molar-refractivity contribution in [3.63, 3.8) is 0 Å². The van der Waals surface area contributed by atoms with E-state index in [1.54, 1.807) is 11.3 Å². The van der Waals surface area contributed by atoms with E-state index in [0.717, 1.165) is 25.9 Å². The van der Waals surface area contributed by atoms with Crippen molar-refractivity contribution in [2.24, 2.45) is 0 Å². The number of rotatable bonds is 1. The fourth-order valence-electron chi connectivity index (χ4n) is 1.56. The van der Waals surface area contributed by atoms with E-state index in [2.05, 4.69) is 16.3 Å². The lowest BCUT2D eigenvalue weighted by Crippen LogP contribution is -2.37. The minimum Gasteiger partial charge on any atom is -0.391 e. The first-order valence-corrected chi connectivity index (χ1v) is 5.07. The Hall–Kier alpha value is -0.540. The fourth-order valence-corrected chi connectivity index (χ4v) is 2.25. The molecule has 2 nitrogen and oxygen atoms in total. The monoisotopic (exact) mass is 182 g/mol. The van der Waals surface area contributed by atoms with E-state index in [1.165, 1.54) is 5.00 Å². The van der Waals surface area contributed by atoms with Crippen LogP contribution in [0, 0.1) is 5.38 Å². The van der Waals surface area contributed by atoms with Gasteiger partial charge in [-0.25, -0.2) is 0 Å². The summed E-state index contributed by atoms with van der Waals surface area (Å²) < 4.78 is 0. The molecule has 1 atom stereocenters. The molecule has 0 aromatic carbocycles. The van der Waals surface area contributed by atoms with Crippen LogP contribution in [0.15, 0.2) is 12.1 Å². The van der Waals surface area contributed by atoms with E-state index in [9.17, 15) is 5.11 Å². The number of hydrogen-bond acceptors (Lipinski definition) is 3. The molecule has 2 heterocycles. The molecule has 1 fully saturated rings. The van der Waals surface area contributed by atoms with E-state index in [4.69, 9.17) is 0 Å². The average molecular weight is 182 g/mol. The van der Waals surface area contributed by atoms with E-state index in [-0.39, 0.29) is 6.10 Å². The lowest BCUT2D eigenvalue weighted by atomic mass is 10.1. The van der Waals surface area contributed by atoms with Gasteiger partial charge in [0.25, 0.3) is 0 Å². The van der Waals surface area contributed by atoms with Crippen molar-refractivity contribution in [3.05, 3.63) is 17.5 Å². The Morgan fingerprint density at radius 3 is 3.25 bits per heavy atom. The number of aliphatic hydroxyl groups is 1. The van der Waals surface area contributed by atoms with Crippen LogP contribution in [0.3, 0.4) is 0 Å². The summed E-state index contributed by atoms with van der Waals surface area (Å²) in [6, 6.07) is 3.99. The summed E-state index contributed by atoms with van der Waals surface area (Å²) in [5.74, 6) is 0. The van der Waals surface area contributed by atoms with Crippen LogP contribution in [-0.2, 0) is 0 Å². The molecular weight excluding hydrogens is 170 g/mol. The molecule has 1 N–H and O–H groups in total. The fraction of sp³-hybridized carbons (Fsp3) is 0.556. The van der Waals surface area contributed by atoms with Crippen LogP contribution in [0.25, 0.3) is 0 Å². The second-order valence-corrected chi connectivity index (χ2v) is 3.99.